The number of non-ortho nitro benzene ring substituents is 2. The number of carbonyl (C=O) groups excluding carboxylic acids is 1. The molecule has 3 aromatic carbocycles. The highest BCUT2D eigenvalue weighted by Crippen LogP contribution is 2.36. The maximum Gasteiger partial charge on any atom is 0.271 e. The molecule has 158 valence electrons. The Bertz CT molecular complexity index is 1290. The Labute approximate surface area is 183 Å². The van der Waals surface area contributed by atoms with Gasteiger partial charge in [0, 0.05) is 29.8 Å². The predicted molar refractivity (Wildman–Crippen MR) is 121 cm³/mol. The molecule has 0 spiro atoms. The van der Waals surface area contributed by atoms with Crippen molar-refractivity contribution in [1.29, 1.82) is 0 Å². The number of nitro groups is 2. The van der Waals surface area contributed by atoms with Crippen LogP contribution in [0, 0.1) is 27.2 Å². The smallest absolute Gasteiger partial charge is 0.271 e. The van der Waals surface area contributed by atoms with Crippen molar-refractivity contribution in [1.82, 2.24) is 0 Å². The molecule has 0 bridgehead atoms. The molecular weight excluding hydrogens is 410 g/mol. The summed E-state index contributed by atoms with van der Waals surface area (Å²) in [5.41, 5.74) is 3.63. The Morgan fingerprint density at radius 3 is 2.12 bits per heavy atom. The number of amides is 1. The van der Waals surface area contributed by atoms with Gasteiger partial charge in [0.05, 0.1) is 21.2 Å². The van der Waals surface area contributed by atoms with Crippen LogP contribution in [-0.2, 0) is 4.79 Å². The molecular formula is C24H17N3O5. The number of hydrogen-bond donors (Lipinski definition) is 0. The van der Waals surface area contributed by atoms with Gasteiger partial charge < -0.3 is 0 Å². The number of nitro benzene ring substituents is 2. The van der Waals surface area contributed by atoms with Gasteiger partial charge in [-0.05, 0) is 48.4 Å². The molecule has 1 amide bonds. The zero-order chi connectivity index (χ0) is 22.8. The van der Waals surface area contributed by atoms with Crippen LogP contribution in [0.25, 0.3) is 11.8 Å². The summed E-state index contributed by atoms with van der Waals surface area (Å²) in [5, 5.41) is 22.1. The summed E-state index contributed by atoms with van der Waals surface area (Å²) < 4.78 is 0. The second kappa shape index (κ2) is 8.27. The van der Waals surface area contributed by atoms with Crippen LogP contribution in [0.15, 0.2) is 84.4 Å². The molecule has 0 unspecified atom stereocenters. The summed E-state index contributed by atoms with van der Waals surface area (Å²) in [4.78, 5) is 35.9. The van der Waals surface area contributed by atoms with E-state index in [1.165, 1.54) is 35.2 Å². The number of carbonyl (C=O) groups is 1. The summed E-state index contributed by atoms with van der Waals surface area (Å²) in [6, 6.07) is 19.4. The molecule has 0 aromatic heterocycles. The largest absolute Gasteiger partial charge is 0.276 e. The molecule has 0 saturated heterocycles. The SMILES string of the molecule is Cc1ccc(C2=C/C(=C\c3ccc([N+](=O)[O-])cc3)C(=O)N2c2cccc([N+](=O)[O-])c2)cc1. The molecule has 1 aliphatic heterocycles. The Balaban J connectivity index is 1.80. The van der Waals surface area contributed by atoms with Crippen molar-refractivity contribution in [2.24, 2.45) is 0 Å². The van der Waals surface area contributed by atoms with Crippen LogP contribution < -0.4 is 4.90 Å². The van der Waals surface area contributed by atoms with Crippen molar-refractivity contribution in [2.45, 2.75) is 6.92 Å². The third kappa shape index (κ3) is 4.01. The van der Waals surface area contributed by atoms with Crippen molar-refractivity contribution < 1.29 is 14.6 Å². The minimum atomic E-state index is -0.507. The van der Waals surface area contributed by atoms with E-state index in [0.29, 0.717) is 22.5 Å². The van der Waals surface area contributed by atoms with Gasteiger partial charge in [0.15, 0.2) is 0 Å². The zero-order valence-corrected chi connectivity index (χ0v) is 17.0. The van der Waals surface area contributed by atoms with Gasteiger partial charge in [-0.15, -0.1) is 0 Å². The van der Waals surface area contributed by atoms with Gasteiger partial charge in [0.2, 0.25) is 0 Å². The molecule has 1 heterocycles. The lowest BCUT2D eigenvalue weighted by Crippen LogP contribution is -2.25. The minimum absolute atomic E-state index is 0.0426. The highest BCUT2D eigenvalue weighted by Gasteiger charge is 2.31. The molecule has 0 fully saturated rings. The molecule has 0 aliphatic carbocycles. The van der Waals surface area contributed by atoms with E-state index in [4.69, 9.17) is 0 Å². The van der Waals surface area contributed by atoms with Crippen molar-refractivity contribution in [3.63, 3.8) is 0 Å². The number of anilines is 1. The van der Waals surface area contributed by atoms with Crippen molar-refractivity contribution >= 4 is 34.7 Å². The lowest BCUT2D eigenvalue weighted by atomic mass is 10.1. The fourth-order valence-electron chi connectivity index (χ4n) is 3.43. The Morgan fingerprint density at radius 2 is 1.50 bits per heavy atom. The quantitative estimate of drug-likeness (QED) is 0.313. The van der Waals surface area contributed by atoms with Crippen LogP contribution >= 0.6 is 0 Å². The maximum absolute atomic E-state index is 13.3. The first-order valence-corrected chi connectivity index (χ1v) is 9.67. The second-order valence-corrected chi connectivity index (χ2v) is 7.26. The van der Waals surface area contributed by atoms with Gasteiger partial charge >= 0.3 is 0 Å². The van der Waals surface area contributed by atoms with E-state index >= 15 is 0 Å². The van der Waals surface area contributed by atoms with Crippen LogP contribution in [0.3, 0.4) is 0 Å². The fraction of sp³-hybridized carbons (Fsp3) is 0.0417. The molecule has 0 atom stereocenters. The van der Waals surface area contributed by atoms with Crippen LogP contribution in [0.2, 0.25) is 0 Å². The van der Waals surface area contributed by atoms with E-state index in [0.717, 1.165) is 11.1 Å². The summed E-state index contributed by atoms with van der Waals surface area (Å²) in [6.45, 7) is 1.95. The van der Waals surface area contributed by atoms with Gasteiger partial charge in [-0.3, -0.25) is 29.9 Å². The zero-order valence-electron chi connectivity index (χ0n) is 17.0. The lowest BCUT2D eigenvalue weighted by molar-refractivity contribution is -0.385. The average molecular weight is 427 g/mol. The van der Waals surface area contributed by atoms with Gasteiger partial charge in [0.1, 0.15) is 0 Å². The lowest BCUT2D eigenvalue weighted by Gasteiger charge is -2.20. The van der Waals surface area contributed by atoms with Crippen molar-refractivity contribution in [3.05, 3.63) is 121 Å². The second-order valence-electron chi connectivity index (χ2n) is 7.26. The molecule has 1 aliphatic rings. The molecule has 8 nitrogen and oxygen atoms in total. The van der Waals surface area contributed by atoms with E-state index in [1.54, 1.807) is 30.4 Å². The van der Waals surface area contributed by atoms with Gasteiger partial charge in [-0.2, -0.15) is 0 Å². The number of nitrogens with zero attached hydrogens (tertiary/aromatic N) is 3. The van der Waals surface area contributed by atoms with Gasteiger partial charge in [-0.25, -0.2) is 0 Å². The summed E-state index contributed by atoms with van der Waals surface area (Å²) in [7, 11) is 0. The highest BCUT2D eigenvalue weighted by atomic mass is 16.6. The normalized spacial score (nSPS) is 14.5. The number of rotatable bonds is 5. The molecule has 32 heavy (non-hydrogen) atoms. The molecule has 0 N–H and O–H groups in total. The summed E-state index contributed by atoms with van der Waals surface area (Å²) in [6.07, 6.45) is 3.35. The van der Waals surface area contributed by atoms with Crippen molar-refractivity contribution in [3.8, 4) is 0 Å². The number of hydrogen-bond acceptors (Lipinski definition) is 5. The topological polar surface area (TPSA) is 107 Å². The first-order chi connectivity index (χ1) is 15.3. The fourth-order valence-corrected chi connectivity index (χ4v) is 3.43. The number of aryl methyl sites for hydroxylation is 1. The van der Waals surface area contributed by atoms with E-state index in [2.05, 4.69) is 0 Å². The third-order valence-electron chi connectivity index (χ3n) is 5.06. The molecule has 0 saturated carbocycles. The van der Waals surface area contributed by atoms with Crippen LogP contribution in [0.4, 0.5) is 17.1 Å². The van der Waals surface area contributed by atoms with E-state index in [1.807, 2.05) is 31.2 Å². The number of benzene rings is 3. The van der Waals surface area contributed by atoms with Crippen LogP contribution in [0.1, 0.15) is 16.7 Å². The predicted octanol–water partition coefficient (Wildman–Crippen LogP) is 5.28. The van der Waals surface area contributed by atoms with E-state index < -0.39 is 9.85 Å². The molecule has 3 aromatic rings. The van der Waals surface area contributed by atoms with Gasteiger partial charge in [-0.1, -0.05) is 35.9 Å². The maximum atomic E-state index is 13.3. The highest BCUT2D eigenvalue weighted by molar-refractivity contribution is 6.23. The standard InChI is InChI=1S/C24H17N3O5/c1-16-5-9-18(10-6-16)23-14-19(13-17-7-11-20(12-8-17)26(29)30)24(28)25(23)21-3-2-4-22(15-21)27(31)32/h2-15H,1H3/b19-13+. The first-order valence-electron chi connectivity index (χ1n) is 9.67. The Hall–Kier alpha value is -4.59. The Morgan fingerprint density at radius 1 is 0.844 bits per heavy atom. The van der Waals surface area contributed by atoms with Gasteiger partial charge in [0.25, 0.3) is 17.3 Å². The molecule has 8 heteroatoms. The molecule has 4 rings (SSSR count). The third-order valence-corrected chi connectivity index (χ3v) is 5.06. The minimum Gasteiger partial charge on any atom is -0.276 e. The monoisotopic (exact) mass is 427 g/mol. The molecule has 0 radical (unpaired) electrons. The average Bonchev–Trinajstić information content (AvgIpc) is 3.10. The van der Waals surface area contributed by atoms with E-state index in [9.17, 15) is 25.0 Å². The van der Waals surface area contributed by atoms with E-state index in [-0.39, 0.29) is 17.3 Å². The summed E-state index contributed by atoms with van der Waals surface area (Å²) in [5.74, 6) is -0.348. The van der Waals surface area contributed by atoms with Crippen LogP contribution in [0.5, 0.6) is 0 Å². The Kier molecular flexibility index (Phi) is 5.34. The summed E-state index contributed by atoms with van der Waals surface area (Å²) >= 11 is 0. The first kappa shape index (κ1) is 20.7. The van der Waals surface area contributed by atoms with Crippen LogP contribution in [-0.4, -0.2) is 15.8 Å². The van der Waals surface area contributed by atoms with Crippen molar-refractivity contribution in [2.75, 3.05) is 4.90 Å².